The van der Waals surface area contributed by atoms with Crippen LogP contribution < -0.4 is 0 Å². The minimum atomic E-state index is 0. The fourth-order valence-corrected chi connectivity index (χ4v) is 0.630. The van der Waals surface area contributed by atoms with Gasteiger partial charge in [-0.25, -0.2) is 0 Å². The Morgan fingerprint density at radius 1 is 0.846 bits per heavy atom. The Morgan fingerprint density at radius 3 is 1.31 bits per heavy atom. The molecule has 0 aromatic heterocycles. The van der Waals surface area contributed by atoms with Crippen LogP contribution in [0.2, 0.25) is 0 Å². The van der Waals surface area contributed by atoms with Crippen LogP contribution in [0.4, 0.5) is 0 Å². The molecule has 0 nitrogen and oxygen atoms in total. The monoisotopic (exact) mass is 456 g/mol. The molecule has 1 aromatic carbocycles. The van der Waals surface area contributed by atoms with Crippen LogP contribution in [0.1, 0.15) is 11.1 Å². The van der Waals surface area contributed by atoms with E-state index in [0.717, 1.165) is 11.1 Å². The predicted molar refractivity (Wildman–Crippen MR) is 41.8 cm³/mol. The third kappa shape index (κ3) is 13.4. The molecule has 71 valence electrons. The molecule has 0 bridgehead atoms. The van der Waals surface area contributed by atoms with Crippen molar-refractivity contribution in [1.82, 2.24) is 0 Å². The van der Waals surface area contributed by atoms with Crippen molar-refractivity contribution in [2.75, 3.05) is 0 Å². The molecule has 3 radical (unpaired) electrons. The van der Waals surface area contributed by atoms with Gasteiger partial charge < -0.3 is 7.43 Å². The molecule has 0 spiro atoms. The molecule has 0 saturated carbocycles. The number of hydrogen-bond donors (Lipinski definition) is 0. The van der Waals surface area contributed by atoms with Crippen molar-refractivity contribution in [3.8, 4) is 0 Å². The molecule has 0 saturated heterocycles. The van der Waals surface area contributed by atoms with Crippen LogP contribution in [0.5, 0.6) is 0 Å². The molecular formula is C9H11V3W-3. The molecule has 0 atom stereocenters. The minimum Gasteiger partial charge on any atom is -0.358 e. The Labute approximate surface area is 132 Å². The van der Waals surface area contributed by atoms with Gasteiger partial charge in [0.25, 0.3) is 0 Å². The molecule has 1 aromatic rings. The Morgan fingerprint density at radius 2 is 1.15 bits per heavy atom. The zero-order valence-corrected chi connectivity index (χ0v) is 14.6. The summed E-state index contributed by atoms with van der Waals surface area (Å²) in [6.07, 6.45) is 0. The first-order valence-electron chi connectivity index (χ1n) is 2.53. The third-order valence-electron chi connectivity index (χ3n) is 0.991. The van der Waals surface area contributed by atoms with E-state index in [1.54, 1.807) is 0 Å². The topological polar surface area (TPSA) is 0 Å². The molecule has 0 amide bonds. The largest absolute Gasteiger partial charge is 0.358 e. The third-order valence-corrected chi connectivity index (χ3v) is 0.991. The molecule has 4 heteroatoms. The summed E-state index contributed by atoms with van der Waals surface area (Å²) in [6, 6.07) is 7.80. The van der Waals surface area contributed by atoms with Crippen molar-refractivity contribution in [1.29, 1.82) is 0 Å². The molecule has 1 rings (SSSR count). The van der Waals surface area contributed by atoms with E-state index in [4.69, 9.17) is 0 Å². The van der Waals surface area contributed by atoms with Crippen molar-refractivity contribution < 1.29 is 76.7 Å². The van der Waals surface area contributed by atoms with Crippen molar-refractivity contribution in [3.05, 3.63) is 56.7 Å². The first-order valence-corrected chi connectivity index (χ1v) is 2.53. The van der Waals surface area contributed by atoms with Gasteiger partial charge in [0.2, 0.25) is 0 Å². The number of hydrogen-bond acceptors (Lipinski definition) is 0. The van der Waals surface area contributed by atoms with Gasteiger partial charge >= 0.3 is 0 Å². The number of rotatable bonds is 0. The Kier molecular flexibility index (Phi) is 35.7. The summed E-state index contributed by atoms with van der Waals surface area (Å²) in [6.45, 7) is 7.48. The van der Waals surface area contributed by atoms with E-state index in [0.29, 0.717) is 0 Å². The first kappa shape index (κ1) is 29.3. The molecule has 0 fully saturated rings. The Balaban J connectivity index is -0.0000000427. The van der Waals surface area contributed by atoms with Crippen LogP contribution in [0.3, 0.4) is 0 Å². The summed E-state index contributed by atoms with van der Waals surface area (Å²) in [5, 5.41) is 0. The Bertz CT molecular complexity index is 175. The summed E-state index contributed by atoms with van der Waals surface area (Å²) in [7, 11) is 0. The second kappa shape index (κ2) is 15.9. The smallest absolute Gasteiger partial charge is 0 e. The van der Waals surface area contributed by atoms with Crippen LogP contribution in [0, 0.1) is 21.3 Å². The van der Waals surface area contributed by atoms with Crippen molar-refractivity contribution in [3.63, 3.8) is 0 Å². The van der Waals surface area contributed by atoms with Crippen LogP contribution in [-0.2, 0) is 76.7 Å². The Hall–Kier alpha value is 1.40. The predicted octanol–water partition coefficient (Wildman–Crippen LogP) is 2.49. The fraction of sp³-hybridized carbons (Fsp3) is 0. The molecule has 0 aliphatic rings. The summed E-state index contributed by atoms with van der Waals surface area (Å²) < 4.78 is 0. The zero-order chi connectivity index (χ0) is 5.98. The number of benzene rings is 1. The fourth-order valence-electron chi connectivity index (χ4n) is 0.630. The average Bonchev–Trinajstić information content (AvgIpc) is 1.64. The summed E-state index contributed by atoms with van der Waals surface area (Å²) in [5.41, 5.74) is 2.05. The maximum atomic E-state index is 3.74. The normalized spacial score (nSPS) is 5.54. The van der Waals surface area contributed by atoms with Crippen LogP contribution in [-0.4, -0.2) is 0 Å². The average molecular weight is 456 g/mol. The van der Waals surface area contributed by atoms with Crippen molar-refractivity contribution in [2.45, 2.75) is 0 Å². The van der Waals surface area contributed by atoms with Gasteiger partial charge in [-0.1, -0.05) is 0 Å². The molecule has 13 heavy (non-hydrogen) atoms. The van der Waals surface area contributed by atoms with E-state index < -0.39 is 0 Å². The van der Waals surface area contributed by atoms with Gasteiger partial charge in [0, 0.05) is 76.7 Å². The minimum absolute atomic E-state index is 0. The van der Waals surface area contributed by atoms with Gasteiger partial charge in [0.1, 0.15) is 0 Å². The summed E-state index contributed by atoms with van der Waals surface area (Å²) in [4.78, 5) is 0. The SMILES string of the molecule is [CH2-]c1cccc([CH2-])c1.[CH3-].[V].[V].[V].[W]. The van der Waals surface area contributed by atoms with Gasteiger partial charge in [0.15, 0.2) is 0 Å². The maximum absolute atomic E-state index is 3.74. The van der Waals surface area contributed by atoms with Gasteiger partial charge in [0.05, 0.1) is 0 Å². The van der Waals surface area contributed by atoms with Crippen molar-refractivity contribution >= 4 is 0 Å². The molecule has 0 aliphatic carbocycles. The maximum Gasteiger partial charge on any atom is 0 e. The van der Waals surface area contributed by atoms with E-state index in [9.17, 15) is 0 Å². The van der Waals surface area contributed by atoms with Gasteiger partial charge in [-0.2, -0.15) is 49.2 Å². The van der Waals surface area contributed by atoms with E-state index >= 15 is 0 Å². The van der Waals surface area contributed by atoms with E-state index in [-0.39, 0.29) is 84.2 Å². The van der Waals surface area contributed by atoms with Crippen molar-refractivity contribution in [2.24, 2.45) is 0 Å². The molecule has 0 N–H and O–H groups in total. The van der Waals surface area contributed by atoms with E-state index in [2.05, 4.69) is 13.8 Å². The second-order valence-electron chi connectivity index (χ2n) is 1.82. The summed E-state index contributed by atoms with van der Waals surface area (Å²) in [5.74, 6) is 0. The van der Waals surface area contributed by atoms with Gasteiger partial charge in [-0.05, 0) is 0 Å². The summed E-state index contributed by atoms with van der Waals surface area (Å²) >= 11 is 0. The molecule has 0 unspecified atom stereocenters. The standard InChI is InChI=1S/C8H8.CH3.3V.W/c1-7-4-3-5-8(2)6-7;;;;;/h3-6H,1-2H2;1H3;;;;/q-2;-1;;;;. The molecule has 0 aliphatic heterocycles. The van der Waals surface area contributed by atoms with Crippen LogP contribution in [0.25, 0.3) is 0 Å². The molecule has 0 heterocycles. The van der Waals surface area contributed by atoms with Gasteiger partial charge in [-0.3, -0.25) is 0 Å². The van der Waals surface area contributed by atoms with E-state index in [1.165, 1.54) is 0 Å². The first-order chi connectivity index (χ1) is 3.79. The van der Waals surface area contributed by atoms with Crippen LogP contribution >= 0.6 is 0 Å². The molecular weight excluding hydrogens is 445 g/mol. The quantitative estimate of drug-likeness (QED) is 0.527. The van der Waals surface area contributed by atoms with Crippen LogP contribution in [0.15, 0.2) is 24.3 Å². The van der Waals surface area contributed by atoms with Gasteiger partial charge in [-0.15, -0.1) is 0 Å². The van der Waals surface area contributed by atoms with E-state index in [1.807, 2.05) is 24.3 Å². The zero-order valence-electron chi connectivity index (χ0n) is 7.47. The second-order valence-corrected chi connectivity index (χ2v) is 1.82.